The van der Waals surface area contributed by atoms with Crippen LogP contribution in [-0.4, -0.2) is 64.3 Å². The lowest BCUT2D eigenvalue weighted by atomic mass is 9.94. The van der Waals surface area contributed by atoms with Crippen molar-refractivity contribution in [2.45, 2.75) is 49.4 Å². The highest BCUT2D eigenvalue weighted by Crippen LogP contribution is 2.29. The molecule has 4 atom stereocenters. The quantitative estimate of drug-likeness (QED) is 0.250. The molecule has 154 valence electrons. The third-order valence-electron chi connectivity index (χ3n) is 4.59. The molecule has 4 rings (SSSR count). The van der Waals surface area contributed by atoms with Gasteiger partial charge < -0.3 is 25.1 Å². The Morgan fingerprint density at radius 1 is 1.21 bits per heavy atom. The molecule has 0 radical (unpaired) electrons. The molecule has 0 saturated carbocycles. The van der Waals surface area contributed by atoms with E-state index < -0.39 is 24.4 Å². The molecule has 3 aromatic rings. The SMILES string of the molecule is CCCSc1nc(NCc2ccco2)c2nnn([C@@H]3C=C[C@H](O)[C@H](O)[C@H]3O)c2n1. The second-order valence-electron chi connectivity index (χ2n) is 6.69. The minimum absolute atomic E-state index is 0.417. The molecule has 1 aliphatic carbocycles. The molecule has 0 spiro atoms. The van der Waals surface area contributed by atoms with Crippen LogP contribution in [0.5, 0.6) is 0 Å². The molecule has 4 N–H and O–H groups in total. The molecule has 3 aromatic heterocycles. The van der Waals surface area contributed by atoms with E-state index in [0.717, 1.165) is 17.9 Å². The highest BCUT2D eigenvalue weighted by molar-refractivity contribution is 7.99. The molecule has 0 aliphatic heterocycles. The highest BCUT2D eigenvalue weighted by Gasteiger charge is 2.36. The van der Waals surface area contributed by atoms with Gasteiger partial charge in [0, 0.05) is 5.75 Å². The van der Waals surface area contributed by atoms with Crippen LogP contribution < -0.4 is 5.32 Å². The van der Waals surface area contributed by atoms with Gasteiger partial charge in [0.05, 0.1) is 12.8 Å². The van der Waals surface area contributed by atoms with E-state index in [-0.39, 0.29) is 0 Å². The molecule has 10 nitrogen and oxygen atoms in total. The lowest BCUT2D eigenvalue weighted by Crippen LogP contribution is -2.44. The molecule has 1 aliphatic rings. The Hall–Kier alpha value is -2.47. The third-order valence-corrected chi connectivity index (χ3v) is 5.64. The lowest BCUT2D eigenvalue weighted by molar-refractivity contribution is -0.0636. The molecule has 0 unspecified atom stereocenters. The number of hydrogen-bond donors (Lipinski definition) is 4. The van der Waals surface area contributed by atoms with Crippen LogP contribution in [0.25, 0.3) is 11.2 Å². The highest BCUT2D eigenvalue weighted by atomic mass is 32.2. The van der Waals surface area contributed by atoms with E-state index in [0.29, 0.717) is 28.7 Å². The van der Waals surface area contributed by atoms with Crippen LogP contribution in [0.2, 0.25) is 0 Å². The van der Waals surface area contributed by atoms with Crippen molar-refractivity contribution in [2.75, 3.05) is 11.1 Å². The van der Waals surface area contributed by atoms with Crippen LogP contribution in [0.4, 0.5) is 5.82 Å². The number of furan rings is 1. The van der Waals surface area contributed by atoms with Crippen molar-refractivity contribution in [3.63, 3.8) is 0 Å². The predicted octanol–water partition coefficient (Wildman–Crippen LogP) is 1.12. The summed E-state index contributed by atoms with van der Waals surface area (Å²) < 4.78 is 6.80. The van der Waals surface area contributed by atoms with Crippen molar-refractivity contribution in [1.29, 1.82) is 0 Å². The van der Waals surface area contributed by atoms with Gasteiger partial charge in [0.1, 0.15) is 30.1 Å². The molecular weight excluding hydrogens is 396 g/mol. The smallest absolute Gasteiger partial charge is 0.191 e. The van der Waals surface area contributed by atoms with Crippen LogP contribution in [0, 0.1) is 0 Å². The largest absolute Gasteiger partial charge is 0.467 e. The van der Waals surface area contributed by atoms with Crippen LogP contribution >= 0.6 is 11.8 Å². The van der Waals surface area contributed by atoms with Crippen molar-refractivity contribution in [1.82, 2.24) is 25.0 Å². The zero-order chi connectivity index (χ0) is 20.4. The molecule has 29 heavy (non-hydrogen) atoms. The van der Waals surface area contributed by atoms with Crippen molar-refractivity contribution in [3.8, 4) is 0 Å². The van der Waals surface area contributed by atoms with E-state index in [1.807, 2.05) is 12.1 Å². The van der Waals surface area contributed by atoms with Gasteiger partial charge in [-0.1, -0.05) is 36.1 Å². The van der Waals surface area contributed by atoms with E-state index in [1.54, 1.807) is 12.3 Å². The van der Waals surface area contributed by atoms with Crippen molar-refractivity contribution in [2.24, 2.45) is 0 Å². The Labute approximate surface area is 170 Å². The van der Waals surface area contributed by atoms with Gasteiger partial charge in [-0.3, -0.25) is 0 Å². The van der Waals surface area contributed by atoms with Gasteiger partial charge in [0.15, 0.2) is 22.1 Å². The number of rotatable bonds is 7. The zero-order valence-corrected chi connectivity index (χ0v) is 16.5. The molecule has 0 saturated heterocycles. The summed E-state index contributed by atoms with van der Waals surface area (Å²) in [7, 11) is 0. The molecule has 3 heterocycles. The molecular formula is C18H22N6O4S. The molecule has 0 amide bonds. The maximum atomic E-state index is 10.4. The summed E-state index contributed by atoms with van der Waals surface area (Å²) in [4.78, 5) is 9.12. The average Bonchev–Trinajstić information content (AvgIpc) is 3.39. The number of aliphatic hydroxyl groups excluding tert-OH is 3. The fourth-order valence-electron chi connectivity index (χ4n) is 3.06. The predicted molar refractivity (Wildman–Crippen MR) is 106 cm³/mol. The number of nitrogens with one attached hydrogen (secondary N) is 1. The maximum absolute atomic E-state index is 10.4. The first-order valence-corrected chi connectivity index (χ1v) is 10.3. The summed E-state index contributed by atoms with van der Waals surface area (Å²) >= 11 is 1.51. The normalized spacial score (nSPS) is 24.3. The van der Waals surface area contributed by atoms with E-state index in [4.69, 9.17) is 4.42 Å². The topological polar surface area (TPSA) is 142 Å². The first kappa shape index (κ1) is 19.8. The van der Waals surface area contributed by atoms with Crippen LogP contribution in [-0.2, 0) is 6.54 Å². The van der Waals surface area contributed by atoms with E-state index in [2.05, 4.69) is 32.5 Å². The average molecular weight is 418 g/mol. The van der Waals surface area contributed by atoms with E-state index >= 15 is 0 Å². The van der Waals surface area contributed by atoms with E-state index in [1.165, 1.54) is 22.5 Å². The monoisotopic (exact) mass is 418 g/mol. The van der Waals surface area contributed by atoms with Gasteiger partial charge in [-0.15, -0.1) is 5.10 Å². The zero-order valence-electron chi connectivity index (χ0n) is 15.7. The first-order valence-electron chi connectivity index (χ1n) is 9.33. The van der Waals surface area contributed by atoms with Gasteiger partial charge in [-0.2, -0.15) is 0 Å². The van der Waals surface area contributed by atoms with Gasteiger partial charge in [-0.25, -0.2) is 14.6 Å². The Balaban J connectivity index is 1.72. The first-order chi connectivity index (χ1) is 14.1. The number of nitrogens with zero attached hydrogens (tertiary/aromatic N) is 5. The molecule has 0 bridgehead atoms. The standard InChI is InChI=1S/C18H22N6O4S/c1-2-8-29-18-20-16(19-9-10-4-3-7-28-10)13-17(21-18)24(23-22-13)11-5-6-12(25)15(27)14(11)26/h3-7,11-12,14-15,25-27H,2,8-9H2,1H3,(H,19,20,21)/t11-,12+,14+,15+/m1/s1. The minimum atomic E-state index is -1.32. The summed E-state index contributed by atoms with van der Waals surface area (Å²) in [6.07, 6.45) is 1.88. The Kier molecular flexibility index (Phi) is 5.81. The fourth-order valence-corrected chi connectivity index (χ4v) is 3.76. The number of aromatic nitrogens is 5. The van der Waals surface area contributed by atoms with Crippen LogP contribution in [0.15, 0.2) is 40.1 Å². The maximum Gasteiger partial charge on any atom is 0.191 e. The Morgan fingerprint density at radius 2 is 2.07 bits per heavy atom. The third kappa shape index (κ3) is 3.99. The van der Waals surface area contributed by atoms with Crippen molar-refractivity contribution < 1.29 is 19.7 Å². The van der Waals surface area contributed by atoms with Crippen LogP contribution in [0.3, 0.4) is 0 Å². The van der Waals surface area contributed by atoms with Crippen molar-refractivity contribution >= 4 is 28.7 Å². The van der Waals surface area contributed by atoms with Crippen molar-refractivity contribution in [3.05, 3.63) is 36.3 Å². The number of thioether (sulfide) groups is 1. The van der Waals surface area contributed by atoms with Crippen LogP contribution in [0.1, 0.15) is 25.1 Å². The number of anilines is 1. The van der Waals surface area contributed by atoms with Gasteiger partial charge in [0.25, 0.3) is 0 Å². The van der Waals surface area contributed by atoms with Gasteiger partial charge in [-0.05, 0) is 18.6 Å². The van der Waals surface area contributed by atoms with Gasteiger partial charge in [0.2, 0.25) is 0 Å². The Morgan fingerprint density at radius 3 is 2.83 bits per heavy atom. The number of aliphatic hydroxyl groups is 3. The number of fused-ring (bicyclic) bond motifs is 1. The number of hydrogen-bond acceptors (Lipinski definition) is 10. The minimum Gasteiger partial charge on any atom is -0.467 e. The van der Waals surface area contributed by atoms with Gasteiger partial charge >= 0.3 is 0 Å². The van der Waals surface area contributed by atoms with E-state index in [9.17, 15) is 15.3 Å². The summed E-state index contributed by atoms with van der Waals surface area (Å²) in [5, 5.41) is 42.3. The lowest BCUT2D eigenvalue weighted by Gasteiger charge is -2.30. The summed E-state index contributed by atoms with van der Waals surface area (Å²) in [6, 6.07) is 2.95. The molecule has 0 fully saturated rings. The summed E-state index contributed by atoms with van der Waals surface area (Å²) in [6.45, 7) is 2.49. The molecule has 0 aromatic carbocycles. The fraction of sp³-hybridized carbons (Fsp3) is 0.444. The summed E-state index contributed by atoms with van der Waals surface area (Å²) in [5.41, 5.74) is 0.872. The second kappa shape index (κ2) is 8.49. The second-order valence-corrected chi connectivity index (χ2v) is 7.75. The molecule has 11 heteroatoms. The Bertz CT molecular complexity index is 992. The summed E-state index contributed by atoms with van der Waals surface area (Å²) in [5.74, 6) is 2.10.